The molecule has 0 spiro atoms. The van der Waals surface area contributed by atoms with Crippen molar-refractivity contribution in [3.05, 3.63) is 41.0 Å². The molecule has 0 aliphatic heterocycles. The molecule has 1 atom stereocenters. The van der Waals surface area contributed by atoms with Gasteiger partial charge in [0.05, 0.1) is 0 Å². The minimum absolute atomic E-state index is 0. The van der Waals surface area contributed by atoms with E-state index in [1.54, 1.807) is 35.9 Å². The smallest absolute Gasteiger partial charge is 0.147 e. The molecule has 2 rings (SSSR count). The van der Waals surface area contributed by atoms with Crippen molar-refractivity contribution in [2.75, 3.05) is 0 Å². The van der Waals surface area contributed by atoms with Gasteiger partial charge < -0.3 is 0 Å². The second kappa shape index (κ2) is 7.69. The molecule has 3 heteroatoms. The Morgan fingerprint density at radius 1 is 1.19 bits per heavy atom. The van der Waals surface area contributed by atoms with Crippen LogP contribution in [0.25, 0.3) is 6.08 Å². The summed E-state index contributed by atoms with van der Waals surface area (Å²) in [7, 11) is 0. The molecule has 1 aromatic carbocycles. The monoisotopic (exact) mass is 333 g/mol. The van der Waals surface area contributed by atoms with Crippen molar-refractivity contribution in [1.29, 1.82) is 0 Å². The second-order valence-corrected chi connectivity index (χ2v) is 5.30. The van der Waals surface area contributed by atoms with Crippen LogP contribution in [0.5, 0.6) is 0 Å². The van der Waals surface area contributed by atoms with Crippen LogP contribution in [0.2, 0.25) is 0 Å². The van der Waals surface area contributed by atoms with Gasteiger partial charge in [-0.15, -0.1) is 24.8 Å². The molecule has 16 heavy (non-hydrogen) atoms. The third kappa shape index (κ3) is 3.46. The van der Waals surface area contributed by atoms with E-state index < -0.39 is 0 Å². The van der Waals surface area contributed by atoms with Crippen molar-refractivity contribution in [1.82, 2.24) is 0 Å². The second-order valence-electron chi connectivity index (χ2n) is 3.88. The summed E-state index contributed by atoms with van der Waals surface area (Å²) in [6.45, 7) is 2.26. The Hall–Kier alpha value is 0.423. The van der Waals surface area contributed by atoms with Crippen LogP contribution in [0, 0.1) is 0 Å². The van der Waals surface area contributed by atoms with Crippen LogP contribution in [-0.4, -0.2) is 0 Å². The first-order chi connectivity index (χ1) is 6.83. The molecule has 0 heterocycles. The van der Waals surface area contributed by atoms with Gasteiger partial charge in [0.2, 0.25) is 0 Å². The maximum absolute atomic E-state index is 2.41. The van der Waals surface area contributed by atoms with E-state index in [9.17, 15) is 0 Å². The summed E-state index contributed by atoms with van der Waals surface area (Å²) < 4.78 is 0.741. The summed E-state index contributed by atoms with van der Waals surface area (Å²) in [5, 5.41) is 0. The topological polar surface area (TPSA) is 0 Å². The molecule has 0 nitrogen and oxygen atoms in total. The number of hydrogen-bond donors (Lipinski definition) is 0. The van der Waals surface area contributed by atoms with Gasteiger partial charge in [0, 0.05) is 0 Å². The molecule has 87 valence electrons. The van der Waals surface area contributed by atoms with Crippen LogP contribution >= 0.6 is 24.8 Å². The molecular formula is C13H17Cl2Zr. The molecule has 0 radical (unpaired) electrons. The molecular weight excluding hydrogens is 318 g/mol. The van der Waals surface area contributed by atoms with Gasteiger partial charge in [-0.2, -0.15) is 0 Å². The average molecular weight is 335 g/mol. The van der Waals surface area contributed by atoms with Crippen molar-refractivity contribution < 1.29 is 24.7 Å². The van der Waals surface area contributed by atoms with Crippen LogP contribution in [-0.2, 0) is 24.7 Å². The van der Waals surface area contributed by atoms with Crippen molar-refractivity contribution in [2.45, 2.75) is 29.8 Å². The van der Waals surface area contributed by atoms with E-state index in [0.29, 0.717) is 0 Å². The van der Waals surface area contributed by atoms with Gasteiger partial charge in [-0.3, -0.25) is 0 Å². The Bertz CT molecular complexity index is 361. The number of fused-ring (bicyclic) bond motifs is 1. The number of rotatable bonds is 3. The first-order valence-electron chi connectivity index (χ1n) is 5.33. The summed E-state index contributed by atoms with van der Waals surface area (Å²) >= 11 is 1.64. The summed E-state index contributed by atoms with van der Waals surface area (Å²) in [5.41, 5.74) is 4.67. The third-order valence-corrected chi connectivity index (χ3v) is 4.51. The van der Waals surface area contributed by atoms with Gasteiger partial charge in [0.25, 0.3) is 0 Å². The van der Waals surface area contributed by atoms with Gasteiger partial charge in [-0.05, 0) is 0 Å². The standard InChI is InChI=1S/C13H15.2ClH.Zr/c1-2-3-6-11-9-12-7-4-5-8-13(12)10-11;;;/h4-5,7-10H,2-3,6H2,1H3;2*1H;. The van der Waals surface area contributed by atoms with E-state index in [2.05, 4.69) is 37.3 Å². The Labute approximate surface area is 126 Å². The van der Waals surface area contributed by atoms with Crippen LogP contribution in [0.4, 0.5) is 0 Å². The maximum Gasteiger partial charge on any atom is -0.147 e. The van der Waals surface area contributed by atoms with E-state index in [-0.39, 0.29) is 24.8 Å². The third-order valence-electron chi connectivity index (χ3n) is 2.84. The van der Waals surface area contributed by atoms with Crippen molar-refractivity contribution in [3.8, 4) is 0 Å². The number of unbranched alkanes of at least 4 members (excludes halogenated alkanes) is 1. The number of hydrogen-bond acceptors (Lipinski definition) is 0. The quantitative estimate of drug-likeness (QED) is 0.751. The first kappa shape index (κ1) is 16.4. The summed E-state index contributed by atoms with van der Waals surface area (Å²) in [4.78, 5) is 0. The SMILES string of the molecule is CCCCC1=Cc2ccccc2[CH]1[Zr].Cl.Cl. The van der Waals surface area contributed by atoms with E-state index in [4.69, 9.17) is 0 Å². The number of benzene rings is 1. The minimum Gasteiger partial charge on any atom is -0.147 e. The van der Waals surface area contributed by atoms with Crippen LogP contribution in [0.15, 0.2) is 29.8 Å². The molecule has 0 saturated carbocycles. The summed E-state index contributed by atoms with van der Waals surface area (Å²) in [6.07, 6.45) is 6.34. The van der Waals surface area contributed by atoms with Crippen LogP contribution in [0.3, 0.4) is 0 Å². The maximum atomic E-state index is 2.41. The molecule has 0 fully saturated rings. The van der Waals surface area contributed by atoms with Crippen molar-refractivity contribution in [3.63, 3.8) is 0 Å². The molecule has 1 unspecified atom stereocenters. The van der Waals surface area contributed by atoms with E-state index >= 15 is 0 Å². The van der Waals surface area contributed by atoms with Crippen molar-refractivity contribution in [2.24, 2.45) is 0 Å². The predicted molar refractivity (Wildman–Crippen MR) is 71.2 cm³/mol. The average Bonchev–Trinajstić information content (AvgIpc) is 2.54. The molecule has 0 N–H and O–H groups in total. The van der Waals surface area contributed by atoms with E-state index in [1.807, 2.05) is 0 Å². The minimum atomic E-state index is 0. The summed E-state index contributed by atoms with van der Waals surface area (Å²) in [6, 6.07) is 8.82. The molecule has 0 amide bonds. The Morgan fingerprint density at radius 2 is 1.88 bits per heavy atom. The van der Waals surface area contributed by atoms with E-state index in [0.717, 1.165) is 3.63 Å². The van der Waals surface area contributed by atoms with Gasteiger partial charge in [-0.1, -0.05) is 0 Å². The molecule has 0 aromatic heterocycles. The zero-order valence-corrected chi connectivity index (χ0v) is 13.5. The predicted octanol–water partition coefficient (Wildman–Crippen LogP) is 4.71. The Balaban J connectivity index is 0.00000112. The van der Waals surface area contributed by atoms with Crippen molar-refractivity contribution >= 4 is 30.9 Å². The largest absolute Gasteiger partial charge is 0.147 e. The number of allylic oxidation sites excluding steroid dienone is 1. The van der Waals surface area contributed by atoms with Crippen LogP contribution in [0.1, 0.15) is 40.9 Å². The number of halogens is 2. The fourth-order valence-corrected chi connectivity index (χ4v) is 3.19. The fraction of sp³-hybridized carbons (Fsp3) is 0.385. The zero-order chi connectivity index (χ0) is 9.97. The molecule has 1 aliphatic rings. The zero-order valence-electron chi connectivity index (χ0n) is 9.40. The van der Waals surface area contributed by atoms with Crippen LogP contribution < -0.4 is 0 Å². The molecule has 1 aliphatic carbocycles. The summed E-state index contributed by atoms with van der Waals surface area (Å²) in [5.74, 6) is 0. The molecule has 0 bridgehead atoms. The fourth-order valence-electron chi connectivity index (χ4n) is 1.99. The van der Waals surface area contributed by atoms with E-state index in [1.165, 1.54) is 24.8 Å². The van der Waals surface area contributed by atoms with Gasteiger partial charge in [-0.25, -0.2) is 0 Å². The Kier molecular flexibility index (Phi) is 7.90. The molecule has 1 aromatic rings. The molecule has 0 saturated heterocycles. The van der Waals surface area contributed by atoms with Gasteiger partial charge in [0.15, 0.2) is 0 Å². The van der Waals surface area contributed by atoms with Gasteiger partial charge >= 0.3 is 102 Å². The first-order valence-corrected chi connectivity index (χ1v) is 6.75. The Morgan fingerprint density at radius 3 is 2.50 bits per heavy atom. The van der Waals surface area contributed by atoms with Gasteiger partial charge in [0.1, 0.15) is 0 Å². The normalized spacial score (nSPS) is 16.8.